The van der Waals surface area contributed by atoms with Crippen LogP contribution in [0.3, 0.4) is 0 Å². The molecule has 11 rings (SSSR count). The molecule has 0 radical (unpaired) electrons. The van der Waals surface area contributed by atoms with Crippen LogP contribution in [-0.2, 0) is 10.8 Å². The third kappa shape index (κ3) is 6.09. The molecule has 8 aromatic carbocycles. The van der Waals surface area contributed by atoms with E-state index in [2.05, 4.69) is 238 Å². The first-order chi connectivity index (χ1) is 29.5. The van der Waals surface area contributed by atoms with Gasteiger partial charge >= 0.3 is 0 Å². The molecule has 0 atom stereocenters. The number of anilines is 5. The van der Waals surface area contributed by atoms with Gasteiger partial charge in [0.25, 0.3) is 6.71 Å². The number of rotatable bonds is 5. The zero-order chi connectivity index (χ0) is 41.6. The molecule has 0 spiro atoms. The molecule has 1 aromatic heterocycles. The third-order valence-corrected chi connectivity index (χ3v) is 16.3. The Morgan fingerprint density at radius 1 is 0.475 bits per heavy atom. The molecule has 3 nitrogen and oxygen atoms in total. The van der Waals surface area contributed by atoms with Gasteiger partial charge < -0.3 is 14.8 Å². The van der Waals surface area contributed by atoms with E-state index in [0.717, 1.165) is 17.1 Å². The molecule has 61 heavy (non-hydrogen) atoms. The highest BCUT2D eigenvalue weighted by Crippen LogP contribution is 2.43. The van der Waals surface area contributed by atoms with Crippen LogP contribution in [0.15, 0.2) is 182 Å². The number of benzene rings is 8. The van der Waals surface area contributed by atoms with Crippen LogP contribution < -0.4 is 42.2 Å². The summed E-state index contributed by atoms with van der Waals surface area (Å²) in [6, 6.07) is 68.8. The fourth-order valence-corrected chi connectivity index (χ4v) is 13.4. The highest BCUT2D eigenvalue weighted by molar-refractivity contribution is 7.02. The van der Waals surface area contributed by atoms with E-state index >= 15 is 0 Å². The Balaban J connectivity index is 1.31. The second-order valence-electron chi connectivity index (χ2n) is 19.1. The number of hydrogen-bond donors (Lipinski definition) is 1. The second kappa shape index (κ2) is 14.0. The van der Waals surface area contributed by atoms with Gasteiger partial charge in [-0.05, 0) is 86.0 Å². The van der Waals surface area contributed by atoms with E-state index in [-0.39, 0.29) is 17.5 Å². The Kier molecular flexibility index (Phi) is 8.60. The van der Waals surface area contributed by atoms with Crippen LogP contribution in [0.25, 0.3) is 27.5 Å². The maximum Gasteiger partial charge on any atom is 0.252 e. The van der Waals surface area contributed by atoms with Gasteiger partial charge in [-0.1, -0.05) is 191 Å². The van der Waals surface area contributed by atoms with Crippen LogP contribution in [0.4, 0.5) is 28.4 Å². The van der Waals surface area contributed by atoms with Crippen molar-refractivity contribution in [3.63, 3.8) is 0 Å². The summed E-state index contributed by atoms with van der Waals surface area (Å²) in [5.74, 6) is 0. The normalized spacial score (nSPS) is 13.3. The number of para-hydroxylation sites is 3. The van der Waals surface area contributed by atoms with Gasteiger partial charge in [0, 0.05) is 39.2 Å². The Morgan fingerprint density at radius 2 is 1.02 bits per heavy atom. The first kappa shape index (κ1) is 37.4. The largest absolute Gasteiger partial charge is 0.356 e. The topological polar surface area (TPSA) is 20.2 Å². The lowest BCUT2D eigenvalue weighted by atomic mass is 9.33. The van der Waals surface area contributed by atoms with Crippen LogP contribution >= 0.6 is 0 Å². The van der Waals surface area contributed by atoms with Gasteiger partial charge in [-0.25, -0.2) is 0 Å². The van der Waals surface area contributed by atoms with Gasteiger partial charge in [0.2, 0.25) is 0 Å². The van der Waals surface area contributed by atoms with E-state index in [0.29, 0.717) is 0 Å². The van der Waals surface area contributed by atoms with Crippen LogP contribution in [0.1, 0.15) is 52.7 Å². The van der Waals surface area contributed by atoms with E-state index in [1.54, 1.807) is 0 Å². The summed E-state index contributed by atoms with van der Waals surface area (Å²) in [5, 5.41) is 10.9. The fourth-order valence-electron chi connectivity index (χ4n) is 10.2. The van der Waals surface area contributed by atoms with Crippen molar-refractivity contribution in [3.8, 4) is 5.69 Å². The lowest BCUT2D eigenvalue weighted by molar-refractivity contribution is 0.591. The Hall–Kier alpha value is -6.56. The maximum atomic E-state index is 4.06. The average molecular weight is 804 g/mol. The molecule has 0 fully saturated rings. The first-order valence-corrected chi connectivity index (χ1v) is 23.5. The Labute approximate surface area is 362 Å². The molecule has 0 amide bonds. The van der Waals surface area contributed by atoms with Crippen molar-refractivity contribution < 1.29 is 0 Å². The lowest BCUT2D eigenvalue weighted by Crippen LogP contribution is -2.64. The van der Waals surface area contributed by atoms with Crippen molar-refractivity contribution in [3.05, 3.63) is 193 Å². The number of aromatic nitrogens is 1. The van der Waals surface area contributed by atoms with Gasteiger partial charge in [0.1, 0.15) is 8.80 Å². The number of hydrogen-bond acceptors (Lipinski definition) is 2. The summed E-state index contributed by atoms with van der Waals surface area (Å²) < 4.78 is 2.48. The van der Waals surface area contributed by atoms with Crippen molar-refractivity contribution in [2.75, 3.05) is 10.2 Å². The van der Waals surface area contributed by atoms with E-state index in [4.69, 9.17) is 0 Å². The molecule has 296 valence electrons. The van der Waals surface area contributed by atoms with Gasteiger partial charge in [-0.15, -0.1) is 0 Å². The van der Waals surface area contributed by atoms with Crippen molar-refractivity contribution in [2.24, 2.45) is 0 Å². The van der Waals surface area contributed by atoms with Crippen molar-refractivity contribution >= 4 is 97.7 Å². The minimum Gasteiger partial charge on any atom is -0.356 e. The Morgan fingerprint density at radius 3 is 1.61 bits per heavy atom. The summed E-state index contributed by atoms with van der Waals surface area (Å²) in [4.78, 5) is 2.63. The molecule has 5 heteroatoms. The average Bonchev–Trinajstić information content (AvgIpc) is 3.61. The quantitative estimate of drug-likeness (QED) is 0.138. The van der Waals surface area contributed by atoms with Crippen molar-refractivity contribution in [1.29, 1.82) is 0 Å². The summed E-state index contributed by atoms with van der Waals surface area (Å²) in [7, 11) is -2.10. The number of nitrogens with one attached hydrogen (secondary N) is 1. The standard InChI is InChI=1S/C56H50BN3Si/c1-55(2,3)37-30-31-47-45(32-37)57-46-33-38(56(4,5)6)34-52(61(41-22-12-8-13-23-41)42-24-14-9-15-25-42)54(46)60(39-20-10-7-11-21-39)51-36-40(35-48(58-47)53(51)57)59-49-28-18-16-26-43(49)44-27-17-19-29-50(44)59/h7-36,58,61H,1-6H3. The molecule has 3 heterocycles. The molecule has 0 aliphatic carbocycles. The molecule has 0 bridgehead atoms. The first-order valence-electron chi connectivity index (χ1n) is 21.8. The smallest absolute Gasteiger partial charge is 0.252 e. The molecule has 0 unspecified atom stereocenters. The maximum absolute atomic E-state index is 4.06. The van der Waals surface area contributed by atoms with Gasteiger partial charge in [-0.3, -0.25) is 0 Å². The molecule has 9 aromatic rings. The summed E-state index contributed by atoms with van der Waals surface area (Å²) in [6.45, 7) is 14.1. The molecule has 0 saturated heterocycles. The van der Waals surface area contributed by atoms with Gasteiger partial charge in [-0.2, -0.15) is 0 Å². The molecular weight excluding hydrogens is 754 g/mol. The third-order valence-electron chi connectivity index (χ3n) is 13.2. The van der Waals surface area contributed by atoms with Crippen LogP contribution in [0, 0.1) is 0 Å². The molecule has 2 aliphatic rings. The summed E-state index contributed by atoms with van der Waals surface area (Å²) in [5.41, 5.74) is 16.3. The molecular formula is C56H50BN3Si. The Bertz CT molecular complexity index is 3050. The van der Waals surface area contributed by atoms with Crippen LogP contribution in [0.5, 0.6) is 0 Å². The fraction of sp³-hybridized carbons (Fsp3) is 0.143. The zero-order valence-corrected chi connectivity index (χ0v) is 37.0. The second-order valence-corrected chi connectivity index (χ2v) is 21.9. The highest BCUT2D eigenvalue weighted by Gasteiger charge is 2.44. The number of nitrogens with zero attached hydrogens (tertiary/aromatic N) is 2. The number of fused-ring (bicyclic) bond motifs is 7. The molecule has 2 aliphatic heterocycles. The predicted molar refractivity (Wildman–Crippen MR) is 266 cm³/mol. The van der Waals surface area contributed by atoms with Crippen LogP contribution in [-0.4, -0.2) is 20.1 Å². The SMILES string of the molecule is CC(C)(C)c1ccc2c(c1)B1c3cc(C(C)(C)C)cc([SiH](c4ccccc4)c4ccccc4)c3N(c3ccccc3)c3cc(-n4c5ccccc5c5ccccc54)cc(c31)N2. The van der Waals surface area contributed by atoms with Crippen molar-refractivity contribution in [1.82, 2.24) is 4.57 Å². The lowest BCUT2D eigenvalue weighted by Gasteiger charge is -2.44. The zero-order valence-electron chi connectivity index (χ0n) is 35.9. The van der Waals surface area contributed by atoms with E-state index in [1.807, 2.05) is 0 Å². The molecule has 1 N–H and O–H groups in total. The minimum absolute atomic E-state index is 0.00737. The van der Waals surface area contributed by atoms with Crippen molar-refractivity contribution in [2.45, 2.75) is 52.4 Å². The van der Waals surface area contributed by atoms with E-state index in [1.165, 1.54) is 81.9 Å². The minimum atomic E-state index is -2.10. The van der Waals surface area contributed by atoms with Gasteiger partial charge in [0.15, 0.2) is 0 Å². The summed E-state index contributed by atoms with van der Waals surface area (Å²) >= 11 is 0. The highest BCUT2D eigenvalue weighted by atomic mass is 28.3. The van der Waals surface area contributed by atoms with Gasteiger partial charge in [0.05, 0.1) is 16.7 Å². The predicted octanol–water partition coefficient (Wildman–Crippen LogP) is 9.98. The summed E-state index contributed by atoms with van der Waals surface area (Å²) in [6.07, 6.45) is 0. The van der Waals surface area contributed by atoms with Crippen LogP contribution in [0.2, 0.25) is 0 Å². The van der Waals surface area contributed by atoms with E-state index in [9.17, 15) is 0 Å². The van der Waals surface area contributed by atoms with E-state index < -0.39 is 8.80 Å². The monoisotopic (exact) mass is 803 g/mol. The molecule has 0 saturated carbocycles.